The van der Waals surface area contributed by atoms with Gasteiger partial charge in [-0.25, -0.2) is 0 Å². The molecule has 4 nitrogen and oxygen atoms in total. The van der Waals surface area contributed by atoms with Crippen LogP contribution < -0.4 is 0 Å². The molecule has 0 aromatic carbocycles. The van der Waals surface area contributed by atoms with Gasteiger partial charge < -0.3 is 9.64 Å². The molecule has 2 aliphatic rings. The van der Waals surface area contributed by atoms with Crippen LogP contribution in [0.5, 0.6) is 0 Å². The fourth-order valence-corrected chi connectivity index (χ4v) is 3.73. The summed E-state index contributed by atoms with van der Waals surface area (Å²) in [7, 11) is 0. The van der Waals surface area contributed by atoms with Gasteiger partial charge in [-0.05, 0) is 38.0 Å². The second kappa shape index (κ2) is 7.31. The molecule has 128 valence electrons. The quantitative estimate of drug-likeness (QED) is 0.803. The van der Waals surface area contributed by atoms with Crippen LogP contribution in [0.3, 0.4) is 0 Å². The van der Waals surface area contributed by atoms with Gasteiger partial charge in [0, 0.05) is 39.1 Å². The van der Waals surface area contributed by atoms with Gasteiger partial charge in [-0.15, -0.1) is 0 Å². The first-order valence-corrected chi connectivity index (χ1v) is 8.88. The van der Waals surface area contributed by atoms with Gasteiger partial charge in [0.25, 0.3) is 0 Å². The number of carbonyl (C=O) groups is 1. The molecule has 0 N–H and O–H groups in total. The third-order valence-corrected chi connectivity index (χ3v) is 4.66. The monoisotopic (exact) mass is 310 g/mol. The molecule has 0 aliphatic carbocycles. The summed E-state index contributed by atoms with van der Waals surface area (Å²) in [5.74, 6) is 1.07. The molecule has 1 amide bonds. The van der Waals surface area contributed by atoms with Crippen LogP contribution in [-0.2, 0) is 9.53 Å². The molecule has 2 aliphatic heterocycles. The number of nitrogens with zero attached hydrogens (tertiary/aromatic N) is 2. The van der Waals surface area contributed by atoms with E-state index in [0.717, 1.165) is 44.9 Å². The van der Waals surface area contributed by atoms with Crippen molar-refractivity contribution in [3.63, 3.8) is 0 Å². The Hall–Kier alpha value is -0.610. The summed E-state index contributed by atoms with van der Waals surface area (Å²) in [5, 5.41) is 0. The Morgan fingerprint density at radius 1 is 1.09 bits per heavy atom. The fourth-order valence-electron chi connectivity index (χ4n) is 3.73. The van der Waals surface area contributed by atoms with E-state index in [-0.39, 0.29) is 5.41 Å². The van der Waals surface area contributed by atoms with E-state index in [9.17, 15) is 4.79 Å². The molecule has 0 aromatic heterocycles. The number of piperidine rings is 1. The van der Waals surface area contributed by atoms with Crippen molar-refractivity contribution in [3.05, 3.63) is 0 Å². The molecular weight excluding hydrogens is 276 g/mol. The van der Waals surface area contributed by atoms with E-state index in [1.54, 1.807) is 0 Å². The molecule has 0 spiro atoms. The molecule has 0 unspecified atom stereocenters. The predicted octanol–water partition coefficient (Wildman–Crippen LogP) is 2.77. The van der Waals surface area contributed by atoms with Crippen molar-refractivity contribution in [3.8, 4) is 0 Å². The zero-order valence-electron chi connectivity index (χ0n) is 15.1. The van der Waals surface area contributed by atoms with Gasteiger partial charge in [-0.1, -0.05) is 20.8 Å². The Morgan fingerprint density at radius 3 is 2.14 bits per heavy atom. The van der Waals surface area contributed by atoms with Crippen molar-refractivity contribution in [2.45, 2.75) is 66.1 Å². The zero-order chi connectivity index (χ0) is 16.3. The Balaban J connectivity index is 1.74. The van der Waals surface area contributed by atoms with Crippen molar-refractivity contribution in [1.29, 1.82) is 0 Å². The molecule has 4 heteroatoms. The molecule has 2 fully saturated rings. The van der Waals surface area contributed by atoms with Gasteiger partial charge in [-0.3, -0.25) is 9.69 Å². The van der Waals surface area contributed by atoms with Crippen LogP contribution in [0.15, 0.2) is 0 Å². The minimum absolute atomic E-state index is 0.0913. The number of hydrogen-bond donors (Lipinski definition) is 0. The zero-order valence-corrected chi connectivity index (χ0v) is 15.1. The lowest BCUT2D eigenvalue weighted by Gasteiger charge is -2.39. The third kappa shape index (κ3) is 5.54. The van der Waals surface area contributed by atoms with Crippen LogP contribution in [-0.4, -0.2) is 60.6 Å². The van der Waals surface area contributed by atoms with E-state index < -0.39 is 0 Å². The number of ether oxygens (including phenoxy) is 1. The van der Waals surface area contributed by atoms with E-state index in [2.05, 4.69) is 44.4 Å². The summed E-state index contributed by atoms with van der Waals surface area (Å²) in [6.07, 6.45) is 3.65. The Bertz CT molecular complexity index is 360. The third-order valence-electron chi connectivity index (χ3n) is 4.66. The highest BCUT2D eigenvalue weighted by atomic mass is 16.5. The maximum Gasteiger partial charge on any atom is 0.223 e. The molecule has 0 aromatic rings. The largest absolute Gasteiger partial charge is 0.373 e. The predicted molar refractivity (Wildman–Crippen MR) is 89.8 cm³/mol. The SMILES string of the molecule is C[C@@H]1CN(CC2CCN(C(=O)CC(C)(C)C)CC2)C[C@H](C)O1. The van der Waals surface area contributed by atoms with E-state index in [1.165, 1.54) is 6.54 Å². The molecule has 0 radical (unpaired) electrons. The molecular formula is C18H34N2O2. The van der Waals surface area contributed by atoms with Crippen LogP contribution in [0.1, 0.15) is 53.9 Å². The highest BCUT2D eigenvalue weighted by Crippen LogP contribution is 2.24. The molecule has 0 saturated carbocycles. The first kappa shape index (κ1) is 17.7. The van der Waals surface area contributed by atoms with E-state index in [1.807, 2.05) is 0 Å². The van der Waals surface area contributed by atoms with E-state index >= 15 is 0 Å². The van der Waals surface area contributed by atoms with Crippen LogP contribution >= 0.6 is 0 Å². The lowest BCUT2D eigenvalue weighted by molar-refractivity contribution is -0.134. The number of morpholine rings is 1. The van der Waals surface area contributed by atoms with Gasteiger partial charge >= 0.3 is 0 Å². The molecule has 2 heterocycles. The van der Waals surface area contributed by atoms with Gasteiger partial charge in [0.1, 0.15) is 0 Å². The highest BCUT2D eigenvalue weighted by molar-refractivity contribution is 5.76. The van der Waals surface area contributed by atoms with E-state index in [0.29, 0.717) is 24.5 Å². The Labute approximate surface area is 136 Å². The van der Waals surface area contributed by atoms with Crippen molar-refractivity contribution >= 4 is 5.91 Å². The minimum atomic E-state index is 0.0913. The summed E-state index contributed by atoms with van der Waals surface area (Å²) < 4.78 is 5.81. The summed E-state index contributed by atoms with van der Waals surface area (Å²) >= 11 is 0. The average molecular weight is 310 g/mol. The second-order valence-electron chi connectivity index (χ2n) is 8.54. The Kier molecular flexibility index (Phi) is 5.89. The van der Waals surface area contributed by atoms with Crippen molar-refractivity contribution in [1.82, 2.24) is 9.80 Å². The number of hydrogen-bond acceptors (Lipinski definition) is 3. The number of likely N-dealkylation sites (tertiary alicyclic amines) is 1. The average Bonchev–Trinajstić information content (AvgIpc) is 2.36. The normalized spacial score (nSPS) is 28.9. The van der Waals surface area contributed by atoms with Gasteiger partial charge in [0.15, 0.2) is 0 Å². The summed E-state index contributed by atoms with van der Waals surface area (Å²) in [4.78, 5) is 16.9. The van der Waals surface area contributed by atoms with Crippen molar-refractivity contribution in [2.75, 3.05) is 32.7 Å². The van der Waals surface area contributed by atoms with Gasteiger partial charge in [0.05, 0.1) is 12.2 Å². The van der Waals surface area contributed by atoms with Crippen LogP contribution in [0.25, 0.3) is 0 Å². The molecule has 22 heavy (non-hydrogen) atoms. The number of rotatable bonds is 3. The first-order chi connectivity index (χ1) is 10.2. The maximum absolute atomic E-state index is 12.3. The second-order valence-corrected chi connectivity index (χ2v) is 8.54. The standard InChI is InChI=1S/C18H34N2O2/c1-14-11-19(12-15(2)22-14)13-16-6-8-20(9-7-16)17(21)10-18(3,4)5/h14-16H,6-13H2,1-5H3/t14-,15+. The summed E-state index contributed by atoms with van der Waals surface area (Å²) in [6.45, 7) is 15.9. The molecule has 0 bridgehead atoms. The fraction of sp³-hybridized carbons (Fsp3) is 0.944. The maximum atomic E-state index is 12.3. The van der Waals surface area contributed by atoms with Crippen molar-refractivity contribution < 1.29 is 9.53 Å². The Morgan fingerprint density at radius 2 is 1.64 bits per heavy atom. The topological polar surface area (TPSA) is 32.8 Å². The van der Waals surface area contributed by atoms with Crippen LogP contribution in [0.2, 0.25) is 0 Å². The lowest BCUT2D eigenvalue weighted by atomic mass is 9.90. The van der Waals surface area contributed by atoms with Crippen LogP contribution in [0, 0.1) is 11.3 Å². The summed E-state index contributed by atoms with van der Waals surface area (Å²) in [6, 6.07) is 0. The lowest BCUT2D eigenvalue weighted by Crippen LogP contribution is -2.48. The smallest absolute Gasteiger partial charge is 0.223 e. The van der Waals surface area contributed by atoms with Crippen molar-refractivity contribution in [2.24, 2.45) is 11.3 Å². The molecule has 2 saturated heterocycles. The van der Waals surface area contributed by atoms with Gasteiger partial charge in [-0.2, -0.15) is 0 Å². The highest BCUT2D eigenvalue weighted by Gasteiger charge is 2.29. The van der Waals surface area contributed by atoms with E-state index in [4.69, 9.17) is 4.74 Å². The number of amides is 1. The molecule has 2 rings (SSSR count). The van der Waals surface area contributed by atoms with Gasteiger partial charge in [0.2, 0.25) is 5.91 Å². The molecule has 2 atom stereocenters. The number of carbonyl (C=O) groups excluding carboxylic acids is 1. The van der Waals surface area contributed by atoms with Crippen LogP contribution in [0.4, 0.5) is 0 Å². The first-order valence-electron chi connectivity index (χ1n) is 8.88. The minimum Gasteiger partial charge on any atom is -0.373 e. The summed E-state index contributed by atoms with van der Waals surface area (Å²) in [5.41, 5.74) is 0.0913.